The summed E-state index contributed by atoms with van der Waals surface area (Å²) in [5, 5.41) is 9.02. The first-order valence-corrected chi connectivity index (χ1v) is 5.34. The van der Waals surface area contributed by atoms with Crippen molar-refractivity contribution in [2.45, 2.75) is 6.29 Å². The van der Waals surface area contributed by atoms with Crippen molar-refractivity contribution in [2.24, 2.45) is 10.2 Å². The molecule has 0 N–H and O–H groups in total. The molecular weight excluding hydrogens is 224 g/mol. The van der Waals surface area contributed by atoms with Gasteiger partial charge in [0.2, 0.25) is 6.29 Å². The van der Waals surface area contributed by atoms with Gasteiger partial charge < -0.3 is 9.80 Å². The van der Waals surface area contributed by atoms with Crippen LogP contribution in [0, 0.1) is 0 Å². The minimum Gasteiger partial charge on any atom is -0.340 e. The van der Waals surface area contributed by atoms with E-state index in [-0.39, 0.29) is 6.29 Å². The van der Waals surface area contributed by atoms with Gasteiger partial charge in [0.15, 0.2) is 0 Å². The lowest BCUT2D eigenvalue weighted by molar-refractivity contribution is 0.206. The van der Waals surface area contributed by atoms with Crippen molar-refractivity contribution in [3.63, 3.8) is 0 Å². The maximum Gasteiger partial charge on any atom is 0.217 e. The van der Waals surface area contributed by atoms with Crippen LogP contribution in [-0.4, -0.2) is 30.2 Å². The molecule has 0 radical (unpaired) electrons. The fraction of sp³-hybridized carbons (Fsp3) is 0.273. The lowest BCUT2D eigenvalue weighted by atomic mass is 10.3. The second-order valence-corrected chi connectivity index (χ2v) is 4.05. The van der Waals surface area contributed by atoms with Crippen molar-refractivity contribution >= 4 is 17.3 Å². The number of hydrogen-bond acceptors (Lipinski definition) is 4. The molecule has 1 aliphatic rings. The Kier molecular flexibility index (Phi) is 3.10. The van der Waals surface area contributed by atoms with Crippen molar-refractivity contribution in [3.8, 4) is 0 Å². The molecule has 0 saturated carbocycles. The van der Waals surface area contributed by atoms with Crippen molar-refractivity contribution in [1.29, 1.82) is 0 Å². The van der Waals surface area contributed by atoms with Gasteiger partial charge in [0, 0.05) is 26.5 Å². The fourth-order valence-corrected chi connectivity index (χ4v) is 1.63. The van der Waals surface area contributed by atoms with Crippen LogP contribution >= 0.6 is 11.6 Å². The number of hydrogen-bond donors (Lipinski definition) is 0. The molecule has 0 saturated heterocycles. The van der Waals surface area contributed by atoms with Crippen molar-refractivity contribution in [3.05, 3.63) is 41.7 Å². The quantitative estimate of drug-likeness (QED) is 0.739. The van der Waals surface area contributed by atoms with Gasteiger partial charge >= 0.3 is 0 Å². The van der Waals surface area contributed by atoms with Crippen LogP contribution < -0.4 is 0 Å². The predicted octanol–water partition coefficient (Wildman–Crippen LogP) is 3.06. The Labute approximate surface area is 99.8 Å². The molecule has 0 unspecified atom stereocenters. The summed E-state index contributed by atoms with van der Waals surface area (Å²) in [6.07, 6.45) is 3.82. The van der Waals surface area contributed by atoms with Crippen LogP contribution in [-0.2, 0) is 0 Å². The van der Waals surface area contributed by atoms with Gasteiger partial charge in [0.25, 0.3) is 0 Å². The van der Waals surface area contributed by atoms with Gasteiger partial charge in [-0.2, -0.15) is 5.11 Å². The zero-order chi connectivity index (χ0) is 11.5. The summed E-state index contributed by atoms with van der Waals surface area (Å²) in [7, 11) is 3.91. The molecule has 1 aromatic carbocycles. The smallest absolute Gasteiger partial charge is 0.217 e. The second kappa shape index (κ2) is 4.53. The van der Waals surface area contributed by atoms with Crippen molar-refractivity contribution in [1.82, 2.24) is 9.80 Å². The van der Waals surface area contributed by atoms with Crippen LogP contribution in [0.1, 0.15) is 0 Å². The monoisotopic (exact) mass is 236 g/mol. The topological polar surface area (TPSA) is 31.2 Å². The molecular formula is C11H13ClN4. The summed E-state index contributed by atoms with van der Waals surface area (Å²) in [4.78, 5) is 3.95. The number of benzene rings is 1. The van der Waals surface area contributed by atoms with E-state index in [0.717, 1.165) is 0 Å². The number of halogens is 1. The summed E-state index contributed by atoms with van der Waals surface area (Å²) in [5.74, 6) is 0. The lowest BCUT2D eigenvalue weighted by Crippen LogP contribution is -2.31. The van der Waals surface area contributed by atoms with E-state index in [2.05, 4.69) is 10.2 Å². The van der Waals surface area contributed by atoms with Gasteiger partial charge in [0.05, 0.1) is 5.02 Å². The van der Waals surface area contributed by atoms with Crippen molar-refractivity contribution < 1.29 is 0 Å². The normalized spacial score (nSPS) is 16.7. The fourth-order valence-electron chi connectivity index (χ4n) is 1.46. The lowest BCUT2D eigenvalue weighted by Gasteiger charge is -2.21. The summed E-state index contributed by atoms with van der Waals surface area (Å²) < 4.78 is 0. The van der Waals surface area contributed by atoms with E-state index >= 15 is 0 Å². The van der Waals surface area contributed by atoms with Gasteiger partial charge in [-0.05, 0) is 12.1 Å². The highest BCUT2D eigenvalue weighted by Crippen LogP contribution is 2.25. The molecule has 5 heteroatoms. The molecule has 0 spiro atoms. The zero-order valence-corrected chi connectivity index (χ0v) is 9.96. The Morgan fingerprint density at radius 1 is 1.12 bits per heavy atom. The minimum absolute atomic E-state index is 0.0868. The Hall–Kier alpha value is -1.55. The van der Waals surface area contributed by atoms with E-state index in [9.17, 15) is 0 Å². The van der Waals surface area contributed by atoms with E-state index in [0.29, 0.717) is 10.7 Å². The van der Waals surface area contributed by atoms with E-state index in [1.54, 1.807) is 6.07 Å². The molecule has 0 aliphatic carbocycles. The number of nitrogens with zero attached hydrogens (tertiary/aromatic N) is 4. The molecule has 0 amide bonds. The van der Waals surface area contributed by atoms with E-state index in [1.165, 1.54) is 0 Å². The van der Waals surface area contributed by atoms with Gasteiger partial charge in [-0.15, -0.1) is 5.11 Å². The van der Waals surface area contributed by atoms with E-state index < -0.39 is 0 Å². The Balaban J connectivity index is 2.13. The van der Waals surface area contributed by atoms with Gasteiger partial charge in [-0.3, -0.25) is 0 Å². The van der Waals surface area contributed by atoms with Gasteiger partial charge in [-0.25, -0.2) is 0 Å². The SMILES string of the molecule is CN1C=CN(C)C1N=Nc1ccccc1Cl. The highest BCUT2D eigenvalue weighted by Gasteiger charge is 2.19. The average Bonchev–Trinajstić information content (AvgIpc) is 2.58. The highest BCUT2D eigenvalue weighted by molar-refractivity contribution is 6.32. The number of azo groups is 1. The van der Waals surface area contributed by atoms with Crippen LogP contribution in [0.2, 0.25) is 5.02 Å². The van der Waals surface area contributed by atoms with Gasteiger partial charge in [-0.1, -0.05) is 23.7 Å². The Morgan fingerprint density at radius 3 is 2.38 bits per heavy atom. The molecule has 0 fully saturated rings. The molecule has 1 aromatic rings. The van der Waals surface area contributed by atoms with Crippen molar-refractivity contribution in [2.75, 3.05) is 14.1 Å². The first-order valence-electron chi connectivity index (χ1n) is 4.96. The largest absolute Gasteiger partial charge is 0.340 e. The average molecular weight is 237 g/mol. The molecule has 0 bridgehead atoms. The third-order valence-corrected chi connectivity index (χ3v) is 2.71. The van der Waals surface area contributed by atoms with Crippen LogP contribution in [0.5, 0.6) is 0 Å². The van der Waals surface area contributed by atoms with Crippen LogP contribution in [0.25, 0.3) is 0 Å². The summed E-state index contributed by atoms with van der Waals surface area (Å²) in [5.41, 5.74) is 0.692. The second-order valence-electron chi connectivity index (χ2n) is 3.64. The molecule has 84 valence electrons. The summed E-state index contributed by atoms with van der Waals surface area (Å²) in [6.45, 7) is 0. The molecule has 16 heavy (non-hydrogen) atoms. The molecule has 1 aliphatic heterocycles. The third kappa shape index (κ3) is 2.17. The minimum atomic E-state index is -0.0868. The van der Waals surface area contributed by atoms with Crippen LogP contribution in [0.4, 0.5) is 5.69 Å². The third-order valence-electron chi connectivity index (χ3n) is 2.39. The van der Waals surface area contributed by atoms with E-state index in [1.807, 2.05) is 54.5 Å². The zero-order valence-electron chi connectivity index (χ0n) is 9.21. The molecule has 1 heterocycles. The summed E-state index contributed by atoms with van der Waals surface area (Å²) in [6, 6.07) is 7.40. The molecule has 0 aromatic heterocycles. The van der Waals surface area contributed by atoms with Crippen LogP contribution in [0.15, 0.2) is 46.9 Å². The van der Waals surface area contributed by atoms with Gasteiger partial charge in [0.1, 0.15) is 5.69 Å². The van der Waals surface area contributed by atoms with E-state index in [4.69, 9.17) is 11.6 Å². The first kappa shape index (κ1) is 11.0. The van der Waals surface area contributed by atoms with Crippen LogP contribution in [0.3, 0.4) is 0 Å². The molecule has 4 nitrogen and oxygen atoms in total. The summed E-state index contributed by atoms with van der Waals surface area (Å²) >= 11 is 5.99. The first-order chi connectivity index (χ1) is 7.68. The number of rotatable bonds is 2. The maximum atomic E-state index is 5.99. The molecule has 0 atom stereocenters. The maximum absolute atomic E-state index is 5.99. The Bertz CT molecular complexity index is 418. The predicted molar refractivity (Wildman–Crippen MR) is 64.4 cm³/mol. The molecule has 2 rings (SSSR count). The standard InChI is InChI=1S/C11H13ClN4/c1-15-7-8-16(2)11(15)14-13-10-6-4-3-5-9(10)12/h3-8,11H,1-2H3. The Morgan fingerprint density at radius 2 is 1.75 bits per heavy atom. The highest BCUT2D eigenvalue weighted by atomic mass is 35.5.